The van der Waals surface area contributed by atoms with Gasteiger partial charge in [0.15, 0.2) is 11.5 Å². The number of aliphatic hydroxyl groups excluding tert-OH is 1. The van der Waals surface area contributed by atoms with Crippen LogP contribution in [0.4, 0.5) is 0 Å². The Kier molecular flexibility index (Phi) is 5.20. The SMILES string of the molecule is CC[C@H](N)c1ccc(Oc2ccc(CO)cc2OC)cc1. The molecule has 0 aliphatic rings. The fraction of sp³-hybridized carbons (Fsp3) is 0.294. The van der Waals surface area contributed by atoms with Gasteiger partial charge in [0.05, 0.1) is 13.7 Å². The second-order valence-electron chi connectivity index (χ2n) is 4.83. The van der Waals surface area contributed by atoms with Crippen LogP contribution in [0.5, 0.6) is 17.2 Å². The zero-order valence-corrected chi connectivity index (χ0v) is 12.4. The largest absolute Gasteiger partial charge is 0.493 e. The van der Waals surface area contributed by atoms with E-state index in [1.54, 1.807) is 25.3 Å². The average molecular weight is 287 g/mol. The first kappa shape index (κ1) is 15.4. The van der Waals surface area contributed by atoms with Gasteiger partial charge in [0.25, 0.3) is 0 Å². The second-order valence-corrected chi connectivity index (χ2v) is 4.83. The van der Waals surface area contributed by atoms with Crippen molar-refractivity contribution in [2.75, 3.05) is 7.11 Å². The summed E-state index contributed by atoms with van der Waals surface area (Å²) in [6, 6.07) is 13.1. The van der Waals surface area contributed by atoms with E-state index < -0.39 is 0 Å². The molecule has 3 N–H and O–H groups in total. The van der Waals surface area contributed by atoms with Gasteiger partial charge in [0.1, 0.15) is 5.75 Å². The average Bonchev–Trinajstić information content (AvgIpc) is 2.55. The number of aliphatic hydroxyl groups is 1. The van der Waals surface area contributed by atoms with Gasteiger partial charge in [-0.05, 0) is 41.8 Å². The van der Waals surface area contributed by atoms with Gasteiger partial charge in [-0.1, -0.05) is 25.1 Å². The summed E-state index contributed by atoms with van der Waals surface area (Å²) >= 11 is 0. The molecule has 4 heteroatoms. The lowest BCUT2D eigenvalue weighted by atomic mass is 10.1. The van der Waals surface area contributed by atoms with Crippen LogP contribution in [-0.2, 0) is 6.61 Å². The first-order valence-corrected chi connectivity index (χ1v) is 6.99. The summed E-state index contributed by atoms with van der Waals surface area (Å²) in [5, 5.41) is 9.14. The quantitative estimate of drug-likeness (QED) is 0.854. The van der Waals surface area contributed by atoms with Crippen LogP contribution in [0.15, 0.2) is 42.5 Å². The monoisotopic (exact) mass is 287 g/mol. The lowest BCUT2D eigenvalue weighted by Gasteiger charge is -2.13. The molecule has 0 unspecified atom stereocenters. The van der Waals surface area contributed by atoms with Gasteiger partial charge in [-0.2, -0.15) is 0 Å². The van der Waals surface area contributed by atoms with Crippen LogP contribution in [0.1, 0.15) is 30.5 Å². The van der Waals surface area contributed by atoms with Crippen LogP contribution in [0.2, 0.25) is 0 Å². The minimum Gasteiger partial charge on any atom is -0.493 e. The highest BCUT2D eigenvalue weighted by Gasteiger charge is 2.08. The zero-order chi connectivity index (χ0) is 15.2. The maximum Gasteiger partial charge on any atom is 0.169 e. The third-order valence-electron chi connectivity index (χ3n) is 3.39. The molecule has 2 rings (SSSR count). The van der Waals surface area contributed by atoms with E-state index in [1.807, 2.05) is 24.3 Å². The van der Waals surface area contributed by atoms with Crippen LogP contribution < -0.4 is 15.2 Å². The van der Waals surface area contributed by atoms with Gasteiger partial charge < -0.3 is 20.3 Å². The Morgan fingerprint density at radius 2 is 1.81 bits per heavy atom. The van der Waals surface area contributed by atoms with E-state index in [0.29, 0.717) is 11.5 Å². The molecule has 2 aromatic carbocycles. The normalized spacial score (nSPS) is 12.0. The Morgan fingerprint density at radius 3 is 2.38 bits per heavy atom. The lowest BCUT2D eigenvalue weighted by Crippen LogP contribution is -2.08. The number of methoxy groups -OCH3 is 1. The first-order valence-electron chi connectivity index (χ1n) is 6.99. The second kappa shape index (κ2) is 7.11. The van der Waals surface area contributed by atoms with E-state index in [1.165, 1.54) is 0 Å². The standard InChI is InChI=1S/C17H21NO3/c1-3-15(18)13-5-7-14(8-6-13)21-16-9-4-12(11-19)10-17(16)20-2/h4-10,15,19H,3,11,18H2,1-2H3/t15-/m0/s1. The van der Waals surface area contributed by atoms with Crippen LogP contribution in [0.3, 0.4) is 0 Å². The highest BCUT2D eigenvalue weighted by molar-refractivity contribution is 5.45. The molecule has 112 valence electrons. The maximum atomic E-state index is 9.14. The molecule has 1 atom stereocenters. The molecule has 0 aromatic heterocycles. The van der Waals surface area contributed by atoms with Gasteiger partial charge in [-0.15, -0.1) is 0 Å². The molecular weight excluding hydrogens is 266 g/mol. The Morgan fingerprint density at radius 1 is 1.10 bits per heavy atom. The smallest absolute Gasteiger partial charge is 0.169 e. The topological polar surface area (TPSA) is 64.7 Å². The molecule has 0 heterocycles. The third kappa shape index (κ3) is 3.74. The van der Waals surface area contributed by atoms with Crippen molar-refractivity contribution in [3.8, 4) is 17.2 Å². The molecule has 0 spiro atoms. The van der Waals surface area contributed by atoms with E-state index in [9.17, 15) is 0 Å². The molecule has 21 heavy (non-hydrogen) atoms. The van der Waals surface area contributed by atoms with Crippen molar-refractivity contribution < 1.29 is 14.6 Å². The van der Waals surface area contributed by atoms with E-state index in [2.05, 4.69) is 6.92 Å². The third-order valence-corrected chi connectivity index (χ3v) is 3.39. The highest BCUT2D eigenvalue weighted by atomic mass is 16.5. The van der Waals surface area contributed by atoms with E-state index in [4.69, 9.17) is 20.3 Å². The van der Waals surface area contributed by atoms with Gasteiger partial charge in [0, 0.05) is 6.04 Å². The lowest BCUT2D eigenvalue weighted by molar-refractivity contribution is 0.280. The van der Waals surface area contributed by atoms with Crippen molar-refractivity contribution in [1.29, 1.82) is 0 Å². The summed E-state index contributed by atoms with van der Waals surface area (Å²) in [5.74, 6) is 1.93. The predicted octanol–water partition coefficient (Wildman–Crippen LogP) is 3.39. The van der Waals surface area contributed by atoms with Crippen LogP contribution >= 0.6 is 0 Å². The van der Waals surface area contributed by atoms with Crippen molar-refractivity contribution in [3.05, 3.63) is 53.6 Å². The molecule has 0 saturated heterocycles. The summed E-state index contributed by atoms with van der Waals surface area (Å²) < 4.78 is 11.1. The molecule has 0 amide bonds. The van der Waals surface area contributed by atoms with E-state index in [0.717, 1.165) is 23.3 Å². The predicted molar refractivity (Wildman–Crippen MR) is 82.7 cm³/mol. The molecule has 2 aromatic rings. The van der Waals surface area contributed by atoms with Gasteiger partial charge >= 0.3 is 0 Å². The number of hydrogen-bond acceptors (Lipinski definition) is 4. The van der Waals surface area contributed by atoms with Crippen molar-refractivity contribution >= 4 is 0 Å². The summed E-state index contributed by atoms with van der Waals surface area (Å²) in [6.07, 6.45) is 0.899. The summed E-state index contributed by atoms with van der Waals surface area (Å²) in [7, 11) is 1.58. The number of hydrogen-bond donors (Lipinski definition) is 2. The van der Waals surface area contributed by atoms with Crippen molar-refractivity contribution in [2.24, 2.45) is 5.73 Å². The summed E-state index contributed by atoms with van der Waals surface area (Å²) in [5.41, 5.74) is 7.86. The molecular formula is C17H21NO3. The number of rotatable bonds is 6. The Labute approximate surface area is 125 Å². The van der Waals surface area contributed by atoms with Crippen LogP contribution in [0.25, 0.3) is 0 Å². The molecule has 0 saturated carbocycles. The number of ether oxygens (including phenoxy) is 2. The Hall–Kier alpha value is -2.04. The van der Waals surface area contributed by atoms with Gasteiger partial charge in [-0.25, -0.2) is 0 Å². The molecule has 0 aliphatic heterocycles. The van der Waals surface area contributed by atoms with Crippen LogP contribution in [-0.4, -0.2) is 12.2 Å². The summed E-state index contributed by atoms with van der Waals surface area (Å²) in [4.78, 5) is 0. The van der Waals surface area contributed by atoms with Gasteiger partial charge in [-0.3, -0.25) is 0 Å². The highest BCUT2D eigenvalue weighted by Crippen LogP contribution is 2.32. The first-order chi connectivity index (χ1) is 10.2. The molecule has 0 fully saturated rings. The molecule has 0 bridgehead atoms. The molecule has 0 aliphatic carbocycles. The fourth-order valence-corrected chi connectivity index (χ4v) is 2.04. The fourth-order valence-electron chi connectivity index (χ4n) is 2.04. The number of benzene rings is 2. The van der Waals surface area contributed by atoms with Crippen LogP contribution in [0, 0.1) is 0 Å². The van der Waals surface area contributed by atoms with Gasteiger partial charge in [0.2, 0.25) is 0 Å². The van der Waals surface area contributed by atoms with Crippen molar-refractivity contribution in [1.82, 2.24) is 0 Å². The van der Waals surface area contributed by atoms with E-state index in [-0.39, 0.29) is 12.6 Å². The minimum atomic E-state index is -0.0275. The number of nitrogens with two attached hydrogens (primary N) is 1. The molecule has 4 nitrogen and oxygen atoms in total. The maximum absolute atomic E-state index is 9.14. The molecule has 0 radical (unpaired) electrons. The Balaban J connectivity index is 2.18. The van der Waals surface area contributed by atoms with Crippen molar-refractivity contribution in [3.63, 3.8) is 0 Å². The Bertz CT molecular complexity index is 581. The summed E-state index contributed by atoms with van der Waals surface area (Å²) in [6.45, 7) is 2.03. The minimum absolute atomic E-state index is 0.0275. The van der Waals surface area contributed by atoms with E-state index >= 15 is 0 Å². The van der Waals surface area contributed by atoms with Crippen molar-refractivity contribution in [2.45, 2.75) is 26.0 Å². The zero-order valence-electron chi connectivity index (χ0n) is 12.4.